The van der Waals surface area contributed by atoms with Gasteiger partial charge in [0.2, 0.25) is 5.91 Å². The number of nitrogens with zero attached hydrogens (tertiary/aromatic N) is 1. The Morgan fingerprint density at radius 2 is 2.00 bits per heavy atom. The van der Waals surface area contributed by atoms with Crippen molar-refractivity contribution in [3.05, 3.63) is 70.4 Å². The lowest BCUT2D eigenvalue weighted by Gasteiger charge is -2.14. The molecule has 3 rings (SSSR count). The number of aryl methyl sites for hydroxylation is 1. The van der Waals surface area contributed by atoms with Crippen LogP contribution in [0.4, 0.5) is 10.1 Å². The van der Waals surface area contributed by atoms with E-state index in [9.17, 15) is 14.0 Å². The molecule has 4 nitrogen and oxygen atoms in total. The van der Waals surface area contributed by atoms with Crippen molar-refractivity contribution in [2.75, 3.05) is 11.9 Å². The third kappa shape index (κ3) is 5.74. The highest BCUT2D eigenvalue weighted by Gasteiger charge is 2.31. The maximum Gasteiger partial charge on any atom is 0.266 e. The van der Waals surface area contributed by atoms with E-state index in [0.29, 0.717) is 27.9 Å². The fourth-order valence-corrected chi connectivity index (χ4v) is 4.19. The van der Waals surface area contributed by atoms with Crippen LogP contribution < -0.4 is 5.32 Å². The Hall–Kier alpha value is -2.51. The van der Waals surface area contributed by atoms with E-state index in [-0.39, 0.29) is 18.2 Å². The number of benzene rings is 2. The number of hydrogen-bond donors (Lipinski definition) is 1. The van der Waals surface area contributed by atoms with E-state index in [1.165, 1.54) is 40.4 Å². The van der Waals surface area contributed by atoms with Crippen LogP contribution in [0.15, 0.2) is 53.4 Å². The zero-order valence-corrected chi connectivity index (χ0v) is 17.6. The van der Waals surface area contributed by atoms with Gasteiger partial charge in [-0.15, -0.1) is 0 Å². The molecule has 0 aliphatic carbocycles. The molecule has 0 spiro atoms. The molecule has 0 unspecified atom stereocenters. The SMILES string of the molecule is CCc1ccc(/C=C2\SC(=S)N(CCCC(=O)Nc3cccc(F)c3)C2=O)cc1. The van der Waals surface area contributed by atoms with Gasteiger partial charge >= 0.3 is 0 Å². The lowest BCUT2D eigenvalue weighted by atomic mass is 10.1. The molecular weight excluding hydrogens is 407 g/mol. The zero-order chi connectivity index (χ0) is 20.8. The molecule has 1 fully saturated rings. The minimum absolute atomic E-state index is 0.134. The molecule has 1 saturated heterocycles. The van der Waals surface area contributed by atoms with Crippen molar-refractivity contribution in [2.45, 2.75) is 26.2 Å². The Kier molecular flexibility index (Phi) is 7.17. The third-order valence-corrected chi connectivity index (χ3v) is 5.83. The maximum absolute atomic E-state index is 13.2. The lowest BCUT2D eigenvalue weighted by molar-refractivity contribution is -0.122. The highest BCUT2D eigenvalue weighted by atomic mass is 32.2. The number of hydrogen-bond acceptors (Lipinski definition) is 4. The summed E-state index contributed by atoms with van der Waals surface area (Å²) in [5.74, 6) is -0.769. The van der Waals surface area contributed by atoms with Gasteiger partial charge in [-0.1, -0.05) is 61.2 Å². The maximum atomic E-state index is 13.2. The zero-order valence-electron chi connectivity index (χ0n) is 16.0. The fraction of sp³-hybridized carbons (Fsp3) is 0.227. The van der Waals surface area contributed by atoms with E-state index in [1.54, 1.807) is 6.07 Å². The van der Waals surface area contributed by atoms with Crippen LogP contribution in [0.25, 0.3) is 6.08 Å². The van der Waals surface area contributed by atoms with Gasteiger partial charge in [0.25, 0.3) is 5.91 Å². The van der Waals surface area contributed by atoms with E-state index in [2.05, 4.69) is 12.2 Å². The van der Waals surface area contributed by atoms with Gasteiger partial charge in [0, 0.05) is 18.7 Å². The van der Waals surface area contributed by atoms with Crippen molar-refractivity contribution in [2.24, 2.45) is 0 Å². The molecule has 0 radical (unpaired) electrons. The van der Waals surface area contributed by atoms with Crippen molar-refractivity contribution in [1.82, 2.24) is 4.90 Å². The monoisotopic (exact) mass is 428 g/mol. The summed E-state index contributed by atoms with van der Waals surface area (Å²) >= 11 is 6.61. The minimum Gasteiger partial charge on any atom is -0.326 e. The molecule has 2 amide bonds. The van der Waals surface area contributed by atoms with Crippen LogP contribution >= 0.6 is 24.0 Å². The van der Waals surface area contributed by atoms with Gasteiger partial charge in [0.15, 0.2) is 0 Å². The largest absolute Gasteiger partial charge is 0.326 e. The number of carbonyl (C=O) groups is 2. The van der Waals surface area contributed by atoms with Crippen LogP contribution in [0.1, 0.15) is 30.9 Å². The van der Waals surface area contributed by atoms with Crippen molar-refractivity contribution in [1.29, 1.82) is 0 Å². The van der Waals surface area contributed by atoms with E-state index in [1.807, 2.05) is 30.3 Å². The van der Waals surface area contributed by atoms with Gasteiger partial charge in [0.1, 0.15) is 10.1 Å². The second-order valence-electron chi connectivity index (χ2n) is 6.59. The summed E-state index contributed by atoms with van der Waals surface area (Å²) in [7, 11) is 0. The molecule has 0 atom stereocenters. The quantitative estimate of drug-likeness (QED) is 0.498. The molecule has 29 heavy (non-hydrogen) atoms. The van der Waals surface area contributed by atoms with Crippen LogP contribution in [0, 0.1) is 5.82 Å². The number of amides is 2. The molecule has 0 aromatic heterocycles. The number of nitrogens with one attached hydrogen (secondary N) is 1. The predicted molar refractivity (Wildman–Crippen MR) is 120 cm³/mol. The number of halogens is 1. The second-order valence-corrected chi connectivity index (χ2v) is 8.27. The Morgan fingerprint density at radius 3 is 2.69 bits per heavy atom. The summed E-state index contributed by atoms with van der Waals surface area (Å²) < 4.78 is 13.7. The van der Waals surface area contributed by atoms with Crippen molar-refractivity contribution < 1.29 is 14.0 Å². The van der Waals surface area contributed by atoms with Gasteiger partial charge < -0.3 is 5.32 Å². The average molecular weight is 429 g/mol. The molecule has 2 aromatic rings. The Bertz CT molecular complexity index is 958. The van der Waals surface area contributed by atoms with Crippen molar-refractivity contribution in [3.8, 4) is 0 Å². The highest BCUT2D eigenvalue weighted by molar-refractivity contribution is 8.26. The molecule has 150 valence electrons. The lowest BCUT2D eigenvalue weighted by Crippen LogP contribution is -2.29. The molecule has 1 aliphatic rings. The van der Waals surface area contributed by atoms with Gasteiger partial charge in [-0.3, -0.25) is 14.5 Å². The highest BCUT2D eigenvalue weighted by Crippen LogP contribution is 2.32. The topological polar surface area (TPSA) is 49.4 Å². The van der Waals surface area contributed by atoms with E-state index < -0.39 is 5.82 Å². The molecule has 1 aliphatic heterocycles. The van der Waals surface area contributed by atoms with Gasteiger partial charge in [-0.25, -0.2) is 4.39 Å². The standard InChI is InChI=1S/C22H21FN2O2S2/c1-2-15-8-10-16(11-9-15)13-19-21(27)25(22(28)29-19)12-4-7-20(26)24-18-6-3-5-17(23)14-18/h3,5-6,8-11,13-14H,2,4,7,12H2,1H3,(H,24,26)/b19-13-. The molecule has 1 N–H and O–H groups in total. The fourth-order valence-electron chi connectivity index (χ4n) is 2.88. The number of anilines is 1. The molecule has 2 aromatic carbocycles. The molecule has 1 heterocycles. The Labute approximate surface area is 179 Å². The first kappa shape index (κ1) is 21.2. The number of carbonyl (C=O) groups excluding carboxylic acids is 2. The van der Waals surface area contributed by atoms with Crippen molar-refractivity contribution >= 4 is 51.9 Å². The van der Waals surface area contributed by atoms with E-state index >= 15 is 0 Å². The van der Waals surface area contributed by atoms with Crippen LogP contribution in [0.5, 0.6) is 0 Å². The normalized spacial score (nSPS) is 15.2. The smallest absolute Gasteiger partial charge is 0.266 e. The van der Waals surface area contributed by atoms with Crippen LogP contribution in [-0.2, 0) is 16.0 Å². The summed E-state index contributed by atoms with van der Waals surface area (Å²) in [5, 5.41) is 2.65. The number of thiocarbonyl (C=S) groups is 1. The Morgan fingerprint density at radius 1 is 1.24 bits per heavy atom. The third-order valence-electron chi connectivity index (χ3n) is 4.45. The van der Waals surface area contributed by atoms with Gasteiger partial charge in [-0.2, -0.15) is 0 Å². The average Bonchev–Trinajstić information content (AvgIpc) is 2.96. The van der Waals surface area contributed by atoms with E-state index in [0.717, 1.165) is 12.0 Å². The predicted octanol–water partition coefficient (Wildman–Crippen LogP) is 5.01. The first-order chi connectivity index (χ1) is 14.0. The van der Waals surface area contributed by atoms with Gasteiger partial charge in [0.05, 0.1) is 4.91 Å². The first-order valence-corrected chi connectivity index (χ1v) is 10.6. The first-order valence-electron chi connectivity index (χ1n) is 9.36. The molecule has 7 heteroatoms. The van der Waals surface area contributed by atoms with Gasteiger partial charge in [-0.05, 0) is 48.2 Å². The molecule has 0 bridgehead atoms. The van der Waals surface area contributed by atoms with Crippen molar-refractivity contribution in [3.63, 3.8) is 0 Å². The van der Waals surface area contributed by atoms with Crippen LogP contribution in [0.3, 0.4) is 0 Å². The van der Waals surface area contributed by atoms with Crippen LogP contribution in [0.2, 0.25) is 0 Å². The number of rotatable bonds is 7. The summed E-state index contributed by atoms with van der Waals surface area (Å²) in [6, 6.07) is 13.8. The summed E-state index contributed by atoms with van der Waals surface area (Å²) in [6.07, 6.45) is 3.49. The second kappa shape index (κ2) is 9.80. The Balaban J connectivity index is 1.53. The summed E-state index contributed by atoms with van der Waals surface area (Å²) in [5.41, 5.74) is 2.61. The summed E-state index contributed by atoms with van der Waals surface area (Å²) in [4.78, 5) is 26.8. The minimum atomic E-state index is -0.406. The molecule has 0 saturated carbocycles. The number of thioether (sulfide) groups is 1. The summed E-state index contributed by atoms with van der Waals surface area (Å²) in [6.45, 7) is 2.46. The van der Waals surface area contributed by atoms with E-state index in [4.69, 9.17) is 12.2 Å². The molecular formula is C22H21FN2O2S2. The van der Waals surface area contributed by atoms with Crippen LogP contribution in [-0.4, -0.2) is 27.6 Å².